The number of ether oxygens (including phenoxy) is 1. The number of amides is 1. The van der Waals surface area contributed by atoms with E-state index in [2.05, 4.69) is 0 Å². The van der Waals surface area contributed by atoms with Crippen molar-refractivity contribution in [1.29, 1.82) is 0 Å². The zero-order chi connectivity index (χ0) is 18.9. The molecule has 0 N–H and O–H groups in total. The third-order valence-electron chi connectivity index (χ3n) is 4.22. The van der Waals surface area contributed by atoms with Gasteiger partial charge in [-0.05, 0) is 57.2 Å². The highest BCUT2D eigenvalue weighted by Crippen LogP contribution is 2.28. The molecule has 3 rings (SSSR count). The van der Waals surface area contributed by atoms with E-state index in [0.29, 0.717) is 24.5 Å². The second-order valence-electron chi connectivity index (χ2n) is 6.49. The number of nitrogens with zero attached hydrogens (tertiary/aromatic N) is 2. The Morgan fingerprint density at radius 2 is 1.65 bits per heavy atom. The molecule has 7 heteroatoms. The number of hydrogen-bond acceptors (Lipinski definition) is 4. The molecule has 0 spiro atoms. The number of aryl methyl sites for hydroxylation is 1. The summed E-state index contributed by atoms with van der Waals surface area (Å²) in [5, 5.41) is 0. The molecule has 0 atom stereocenters. The largest absolute Gasteiger partial charge is 0.447 e. The van der Waals surface area contributed by atoms with Crippen LogP contribution < -0.4 is 9.21 Å². The summed E-state index contributed by atoms with van der Waals surface area (Å²) in [5.74, 6) is 0. The first kappa shape index (κ1) is 18.3. The monoisotopic (exact) mass is 374 g/mol. The van der Waals surface area contributed by atoms with Crippen LogP contribution in [-0.2, 0) is 14.8 Å². The third kappa shape index (κ3) is 3.39. The maximum Gasteiger partial charge on any atom is 0.414 e. The van der Waals surface area contributed by atoms with Gasteiger partial charge in [0.25, 0.3) is 10.0 Å². The number of carbonyl (C=O) groups excluding carboxylic acids is 1. The van der Waals surface area contributed by atoms with Crippen LogP contribution in [0.4, 0.5) is 16.2 Å². The van der Waals surface area contributed by atoms with Crippen molar-refractivity contribution in [3.8, 4) is 0 Å². The molecule has 0 saturated carbocycles. The first-order valence-corrected chi connectivity index (χ1v) is 9.90. The van der Waals surface area contributed by atoms with E-state index in [1.807, 2.05) is 45.0 Å². The molecule has 0 unspecified atom stereocenters. The highest BCUT2D eigenvalue weighted by Gasteiger charge is 2.28. The van der Waals surface area contributed by atoms with Crippen molar-refractivity contribution in [1.82, 2.24) is 0 Å². The van der Waals surface area contributed by atoms with E-state index in [1.165, 1.54) is 21.3 Å². The zero-order valence-corrected chi connectivity index (χ0v) is 15.9. The van der Waals surface area contributed by atoms with Crippen LogP contribution in [0.15, 0.2) is 53.4 Å². The average molecular weight is 374 g/mol. The second kappa shape index (κ2) is 6.99. The van der Waals surface area contributed by atoms with Gasteiger partial charge in [0.2, 0.25) is 0 Å². The molecule has 0 aromatic heterocycles. The molecular weight excluding hydrogens is 352 g/mol. The average Bonchev–Trinajstić information content (AvgIpc) is 3.02. The smallest absolute Gasteiger partial charge is 0.414 e. The lowest BCUT2D eigenvalue weighted by atomic mass is 10.2. The van der Waals surface area contributed by atoms with Crippen molar-refractivity contribution in [2.45, 2.75) is 31.7 Å². The van der Waals surface area contributed by atoms with E-state index < -0.39 is 16.1 Å². The molecule has 1 heterocycles. The zero-order valence-electron chi connectivity index (χ0n) is 15.0. The van der Waals surface area contributed by atoms with E-state index in [9.17, 15) is 13.2 Å². The van der Waals surface area contributed by atoms with Gasteiger partial charge in [-0.25, -0.2) is 13.2 Å². The van der Waals surface area contributed by atoms with Crippen LogP contribution in [0.1, 0.15) is 19.4 Å². The number of cyclic esters (lactones) is 1. The molecule has 1 aliphatic heterocycles. The topological polar surface area (TPSA) is 66.9 Å². The SMILES string of the molecule is Cc1ccc(N(C(C)C)S(=O)(=O)c2ccc(N3CCOC3=O)cc2)cc1. The van der Waals surface area contributed by atoms with Gasteiger partial charge in [0, 0.05) is 11.7 Å². The lowest BCUT2D eigenvalue weighted by Gasteiger charge is -2.28. The van der Waals surface area contributed by atoms with Gasteiger partial charge in [0.1, 0.15) is 6.61 Å². The summed E-state index contributed by atoms with van der Waals surface area (Å²) in [6.45, 7) is 6.44. The number of sulfonamides is 1. The molecule has 0 aliphatic carbocycles. The van der Waals surface area contributed by atoms with Gasteiger partial charge in [-0.1, -0.05) is 17.7 Å². The summed E-state index contributed by atoms with van der Waals surface area (Å²) in [6.07, 6.45) is -0.413. The fourth-order valence-electron chi connectivity index (χ4n) is 2.95. The standard InChI is InChI=1S/C19H22N2O4S/c1-14(2)21(17-6-4-15(3)5-7-17)26(23,24)18-10-8-16(9-11-18)20-12-13-25-19(20)22/h4-11,14H,12-13H2,1-3H3. The van der Waals surface area contributed by atoms with Crippen LogP contribution in [0.25, 0.3) is 0 Å². The summed E-state index contributed by atoms with van der Waals surface area (Å²) in [4.78, 5) is 13.3. The molecule has 2 aromatic carbocycles. The minimum Gasteiger partial charge on any atom is -0.447 e. The molecule has 0 radical (unpaired) electrons. The van der Waals surface area contributed by atoms with Crippen molar-refractivity contribution >= 4 is 27.5 Å². The predicted octanol–water partition coefficient (Wildman–Crippen LogP) is 3.56. The molecule has 2 aromatic rings. The molecule has 1 amide bonds. The van der Waals surface area contributed by atoms with Crippen LogP contribution >= 0.6 is 0 Å². The first-order valence-electron chi connectivity index (χ1n) is 8.46. The van der Waals surface area contributed by atoms with Gasteiger partial charge in [-0.15, -0.1) is 0 Å². The fourth-order valence-corrected chi connectivity index (χ4v) is 4.61. The normalized spacial score (nSPS) is 14.6. The molecular formula is C19H22N2O4S. The van der Waals surface area contributed by atoms with Crippen LogP contribution in [0, 0.1) is 6.92 Å². The van der Waals surface area contributed by atoms with Crippen molar-refractivity contribution in [2.24, 2.45) is 0 Å². The highest BCUT2D eigenvalue weighted by atomic mass is 32.2. The lowest BCUT2D eigenvalue weighted by molar-refractivity contribution is 0.181. The van der Waals surface area contributed by atoms with Gasteiger partial charge in [-0.3, -0.25) is 9.21 Å². The molecule has 1 aliphatic rings. The van der Waals surface area contributed by atoms with E-state index >= 15 is 0 Å². The maximum absolute atomic E-state index is 13.2. The summed E-state index contributed by atoms with van der Waals surface area (Å²) < 4.78 is 32.7. The Bertz CT molecular complexity index is 890. The van der Waals surface area contributed by atoms with Crippen LogP contribution in [0.5, 0.6) is 0 Å². The van der Waals surface area contributed by atoms with Gasteiger partial charge in [0.05, 0.1) is 17.1 Å². The minimum absolute atomic E-state index is 0.183. The molecule has 1 saturated heterocycles. The molecule has 138 valence electrons. The van der Waals surface area contributed by atoms with Crippen LogP contribution in [-0.4, -0.2) is 33.7 Å². The van der Waals surface area contributed by atoms with E-state index in [-0.39, 0.29) is 10.9 Å². The third-order valence-corrected chi connectivity index (χ3v) is 6.24. The maximum atomic E-state index is 13.2. The molecule has 0 bridgehead atoms. The Morgan fingerprint density at radius 3 is 2.15 bits per heavy atom. The quantitative estimate of drug-likeness (QED) is 0.803. The van der Waals surface area contributed by atoms with Crippen molar-refractivity contribution < 1.29 is 17.9 Å². The van der Waals surface area contributed by atoms with E-state index in [4.69, 9.17) is 4.74 Å². The van der Waals surface area contributed by atoms with Crippen LogP contribution in [0.3, 0.4) is 0 Å². The highest BCUT2D eigenvalue weighted by molar-refractivity contribution is 7.92. The Morgan fingerprint density at radius 1 is 1.04 bits per heavy atom. The van der Waals surface area contributed by atoms with Crippen LogP contribution in [0.2, 0.25) is 0 Å². The van der Waals surface area contributed by atoms with Crippen molar-refractivity contribution in [2.75, 3.05) is 22.4 Å². The second-order valence-corrected chi connectivity index (χ2v) is 8.30. The van der Waals surface area contributed by atoms with Gasteiger partial charge < -0.3 is 4.74 Å². The van der Waals surface area contributed by atoms with Crippen molar-refractivity contribution in [3.05, 3.63) is 54.1 Å². The van der Waals surface area contributed by atoms with E-state index in [1.54, 1.807) is 12.1 Å². The van der Waals surface area contributed by atoms with Gasteiger partial charge in [0.15, 0.2) is 0 Å². The van der Waals surface area contributed by atoms with Gasteiger partial charge >= 0.3 is 6.09 Å². The number of rotatable bonds is 5. The number of anilines is 2. The Kier molecular flexibility index (Phi) is 4.91. The Hall–Kier alpha value is -2.54. The summed E-state index contributed by atoms with van der Waals surface area (Å²) in [5.41, 5.74) is 2.31. The summed E-state index contributed by atoms with van der Waals surface area (Å²) in [7, 11) is -3.72. The number of benzene rings is 2. The molecule has 1 fully saturated rings. The predicted molar refractivity (Wildman–Crippen MR) is 101 cm³/mol. The Labute approximate surface area is 154 Å². The first-order chi connectivity index (χ1) is 12.3. The van der Waals surface area contributed by atoms with Crippen molar-refractivity contribution in [3.63, 3.8) is 0 Å². The van der Waals surface area contributed by atoms with Gasteiger partial charge in [-0.2, -0.15) is 0 Å². The molecule has 6 nitrogen and oxygen atoms in total. The number of carbonyl (C=O) groups is 1. The summed E-state index contributed by atoms with van der Waals surface area (Å²) in [6, 6.07) is 13.5. The molecule has 26 heavy (non-hydrogen) atoms. The minimum atomic E-state index is -3.72. The lowest BCUT2D eigenvalue weighted by Crippen LogP contribution is -2.37. The number of hydrogen-bond donors (Lipinski definition) is 0. The van der Waals surface area contributed by atoms with E-state index in [0.717, 1.165) is 5.56 Å². The Balaban J connectivity index is 1.94. The fraction of sp³-hybridized carbons (Fsp3) is 0.316. The summed E-state index contributed by atoms with van der Waals surface area (Å²) >= 11 is 0.